The van der Waals surface area contributed by atoms with E-state index in [0.29, 0.717) is 30.1 Å². The molecule has 9 heteroatoms. The second-order valence-corrected chi connectivity index (χ2v) is 8.37. The van der Waals surface area contributed by atoms with Gasteiger partial charge in [0.1, 0.15) is 23.2 Å². The highest BCUT2D eigenvalue weighted by Gasteiger charge is 2.29. The minimum atomic E-state index is -0.771. The first-order chi connectivity index (χ1) is 15.6. The monoisotopic (exact) mass is 437 g/mol. The number of fused-ring (bicyclic) bond motifs is 1. The van der Waals surface area contributed by atoms with Gasteiger partial charge in [0, 0.05) is 25.3 Å². The maximum Gasteiger partial charge on any atom is 0.308 e. The van der Waals surface area contributed by atoms with Crippen molar-refractivity contribution in [2.75, 3.05) is 31.7 Å². The highest BCUT2D eigenvalue weighted by molar-refractivity contribution is 5.88. The minimum Gasteiger partial charge on any atom is -0.497 e. The molecule has 2 aliphatic heterocycles. The van der Waals surface area contributed by atoms with E-state index in [1.54, 1.807) is 13.4 Å². The second kappa shape index (κ2) is 8.74. The molecule has 2 atom stereocenters. The number of aromatic nitrogens is 4. The molecule has 3 aromatic rings. The van der Waals surface area contributed by atoms with Crippen LogP contribution in [0.5, 0.6) is 5.75 Å². The zero-order chi connectivity index (χ0) is 22.1. The van der Waals surface area contributed by atoms with E-state index < -0.39 is 11.9 Å². The third-order valence-corrected chi connectivity index (χ3v) is 6.29. The summed E-state index contributed by atoms with van der Waals surface area (Å²) in [5, 5.41) is 9.53. The van der Waals surface area contributed by atoms with E-state index in [1.165, 1.54) is 0 Å². The summed E-state index contributed by atoms with van der Waals surface area (Å²) in [6.07, 6.45) is 6.21. The van der Waals surface area contributed by atoms with E-state index in [4.69, 9.17) is 19.4 Å². The maximum absolute atomic E-state index is 11.6. The first-order valence-corrected chi connectivity index (χ1v) is 11.1. The molecule has 0 amide bonds. The number of carboxylic acid groups (broad SMARTS) is 1. The number of hydrogen-bond donors (Lipinski definition) is 1. The lowest BCUT2D eigenvalue weighted by Gasteiger charge is -2.31. The first-order valence-electron chi connectivity index (χ1n) is 11.1. The lowest BCUT2D eigenvalue weighted by Crippen LogP contribution is -2.39. The number of imidazole rings is 1. The van der Waals surface area contributed by atoms with Gasteiger partial charge in [-0.15, -0.1) is 0 Å². The van der Waals surface area contributed by atoms with Gasteiger partial charge in [-0.05, 0) is 56.4 Å². The Kier molecular flexibility index (Phi) is 5.65. The van der Waals surface area contributed by atoms with E-state index in [0.717, 1.165) is 55.8 Å². The Morgan fingerprint density at radius 1 is 1.16 bits per heavy atom. The highest BCUT2D eigenvalue weighted by atomic mass is 16.5. The van der Waals surface area contributed by atoms with Crippen LogP contribution in [-0.2, 0) is 9.53 Å². The van der Waals surface area contributed by atoms with Crippen LogP contribution in [0.1, 0.15) is 38.3 Å². The second-order valence-electron chi connectivity index (χ2n) is 8.37. The van der Waals surface area contributed by atoms with Gasteiger partial charge in [0.15, 0.2) is 5.65 Å². The molecule has 2 saturated heterocycles. The molecule has 2 aromatic heterocycles. The van der Waals surface area contributed by atoms with Crippen molar-refractivity contribution in [1.82, 2.24) is 19.5 Å². The van der Waals surface area contributed by atoms with Crippen molar-refractivity contribution in [3.63, 3.8) is 0 Å². The molecule has 5 rings (SSSR count). The average Bonchev–Trinajstić information content (AvgIpc) is 3.28. The molecule has 2 fully saturated rings. The maximum atomic E-state index is 11.6. The molecule has 0 saturated carbocycles. The molecule has 4 heterocycles. The van der Waals surface area contributed by atoms with E-state index in [2.05, 4.69) is 4.98 Å². The van der Waals surface area contributed by atoms with Crippen molar-refractivity contribution in [2.45, 2.75) is 38.3 Å². The van der Waals surface area contributed by atoms with Crippen molar-refractivity contribution in [1.29, 1.82) is 0 Å². The van der Waals surface area contributed by atoms with Crippen LogP contribution in [0.4, 0.5) is 5.95 Å². The van der Waals surface area contributed by atoms with Crippen LogP contribution < -0.4 is 9.64 Å². The van der Waals surface area contributed by atoms with Crippen LogP contribution in [0.25, 0.3) is 22.4 Å². The largest absolute Gasteiger partial charge is 0.497 e. The highest BCUT2D eigenvalue weighted by Crippen LogP contribution is 2.33. The number of benzene rings is 1. The third-order valence-electron chi connectivity index (χ3n) is 6.29. The summed E-state index contributed by atoms with van der Waals surface area (Å²) in [4.78, 5) is 28.0. The molecule has 2 unspecified atom stereocenters. The van der Waals surface area contributed by atoms with Gasteiger partial charge in [0.25, 0.3) is 0 Å². The van der Waals surface area contributed by atoms with Gasteiger partial charge in [-0.25, -0.2) is 9.97 Å². The Morgan fingerprint density at radius 3 is 2.72 bits per heavy atom. The van der Waals surface area contributed by atoms with Crippen LogP contribution >= 0.6 is 0 Å². The standard InChI is InChI=1S/C23H27N5O4/c1-31-17-9-7-15(8-10-17)19-20-21(28(14-24-20)18-6-2-3-12-32-18)26-23(25-19)27-11-4-5-16(13-27)22(29)30/h7-10,14,16,18H,2-6,11-13H2,1H3,(H,29,30). The Labute approximate surface area is 186 Å². The van der Waals surface area contributed by atoms with Gasteiger partial charge < -0.3 is 19.5 Å². The van der Waals surface area contributed by atoms with Crippen molar-refractivity contribution >= 4 is 23.1 Å². The SMILES string of the molecule is COc1ccc(-c2nc(N3CCCC(C(=O)O)C3)nc3c2ncn3C2CCCCO2)cc1. The molecule has 168 valence electrons. The molecule has 9 nitrogen and oxygen atoms in total. The molecule has 1 aromatic carbocycles. The fraction of sp³-hybridized carbons (Fsp3) is 0.478. The fourth-order valence-corrected chi connectivity index (χ4v) is 4.51. The number of carboxylic acids is 1. The van der Waals surface area contributed by atoms with Gasteiger partial charge in [0.2, 0.25) is 5.95 Å². The van der Waals surface area contributed by atoms with Crippen LogP contribution in [0.15, 0.2) is 30.6 Å². The Bertz CT molecular complexity index is 1110. The fourth-order valence-electron chi connectivity index (χ4n) is 4.51. The Balaban J connectivity index is 1.62. The lowest BCUT2D eigenvalue weighted by molar-refractivity contribution is -0.141. The topological polar surface area (TPSA) is 103 Å². The van der Waals surface area contributed by atoms with Crippen LogP contribution in [-0.4, -0.2) is 57.4 Å². The molecule has 0 spiro atoms. The van der Waals surface area contributed by atoms with Crippen molar-refractivity contribution in [3.05, 3.63) is 30.6 Å². The van der Waals surface area contributed by atoms with Crippen molar-refractivity contribution < 1.29 is 19.4 Å². The van der Waals surface area contributed by atoms with E-state index in [9.17, 15) is 9.90 Å². The molecule has 32 heavy (non-hydrogen) atoms. The Hall–Kier alpha value is -3.20. The number of hydrogen-bond acceptors (Lipinski definition) is 7. The van der Waals surface area contributed by atoms with Crippen LogP contribution in [0, 0.1) is 5.92 Å². The number of piperidine rings is 1. The average molecular weight is 438 g/mol. The molecule has 0 bridgehead atoms. The van der Waals surface area contributed by atoms with Crippen molar-refractivity contribution in [2.24, 2.45) is 5.92 Å². The molecule has 1 N–H and O–H groups in total. The summed E-state index contributed by atoms with van der Waals surface area (Å²) in [7, 11) is 1.64. The molecule has 0 aliphatic carbocycles. The van der Waals surface area contributed by atoms with Gasteiger partial charge in [-0.1, -0.05) is 0 Å². The van der Waals surface area contributed by atoms with E-state index in [-0.39, 0.29) is 6.23 Å². The van der Waals surface area contributed by atoms with Gasteiger partial charge >= 0.3 is 5.97 Å². The summed E-state index contributed by atoms with van der Waals surface area (Å²) in [5.74, 6) is 0.110. The summed E-state index contributed by atoms with van der Waals surface area (Å²) >= 11 is 0. The number of anilines is 1. The van der Waals surface area contributed by atoms with E-state index in [1.807, 2.05) is 33.7 Å². The zero-order valence-corrected chi connectivity index (χ0v) is 18.1. The van der Waals surface area contributed by atoms with Crippen LogP contribution in [0.3, 0.4) is 0 Å². The predicted molar refractivity (Wildman–Crippen MR) is 119 cm³/mol. The molecule has 2 aliphatic rings. The van der Waals surface area contributed by atoms with E-state index >= 15 is 0 Å². The smallest absolute Gasteiger partial charge is 0.308 e. The van der Waals surface area contributed by atoms with Gasteiger partial charge in [-0.3, -0.25) is 9.36 Å². The predicted octanol–water partition coefficient (Wildman–Crippen LogP) is 3.50. The molecular formula is C23H27N5O4. The number of aliphatic carboxylic acids is 1. The number of methoxy groups -OCH3 is 1. The number of ether oxygens (including phenoxy) is 2. The number of nitrogens with zero attached hydrogens (tertiary/aromatic N) is 5. The first kappa shape index (κ1) is 20.7. The normalized spacial score (nSPS) is 21.6. The number of rotatable bonds is 5. The third kappa shape index (κ3) is 3.88. The van der Waals surface area contributed by atoms with Crippen LogP contribution in [0.2, 0.25) is 0 Å². The molecular weight excluding hydrogens is 410 g/mol. The van der Waals surface area contributed by atoms with Gasteiger partial charge in [0.05, 0.1) is 19.4 Å². The number of carbonyl (C=O) groups is 1. The van der Waals surface area contributed by atoms with Gasteiger partial charge in [-0.2, -0.15) is 4.98 Å². The summed E-state index contributed by atoms with van der Waals surface area (Å²) < 4.78 is 13.3. The molecule has 0 radical (unpaired) electrons. The Morgan fingerprint density at radius 2 is 2.00 bits per heavy atom. The summed E-state index contributed by atoms with van der Waals surface area (Å²) in [5.41, 5.74) is 3.05. The zero-order valence-electron chi connectivity index (χ0n) is 18.1. The quantitative estimate of drug-likeness (QED) is 0.647. The lowest BCUT2D eigenvalue weighted by atomic mass is 9.99. The van der Waals surface area contributed by atoms with Crippen molar-refractivity contribution in [3.8, 4) is 17.0 Å². The minimum absolute atomic E-state index is 0.103. The summed E-state index contributed by atoms with van der Waals surface area (Å²) in [6, 6.07) is 7.70. The summed E-state index contributed by atoms with van der Waals surface area (Å²) in [6.45, 7) is 1.85.